The molecule has 2 heteroatoms. The van der Waals surface area contributed by atoms with Gasteiger partial charge < -0.3 is 5.11 Å². The highest BCUT2D eigenvalue weighted by Crippen LogP contribution is 2.21. The van der Waals surface area contributed by atoms with Crippen LogP contribution in [0.5, 0.6) is 5.75 Å². The Morgan fingerprint density at radius 1 is 0.469 bits per heavy atom. The number of rotatable bonds is 4. The lowest BCUT2D eigenvalue weighted by atomic mass is 9.12. The normalized spacial score (nSPS) is 11.6. The minimum absolute atomic E-state index is 0.340. The molecule has 0 amide bonds. The van der Waals surface area contributed by atoms with E-state index in [1.807, 2.05) is 18.2 Å². The minimum Gasteiger partial charge on any atom is -0.511 e. The van der Waals surface area contributed by atoms with Crippen molar-refractivity contribution >= 4 is 28.0 Å². The van der Waals surface area contributed by atoms with Gasteiger partial charge in [-0.2, -0.15) is 21.9 Å². The summed E-state index contributed by atoms with van der Waals surface area (Å²) in [6.45, 7) is 13.0. The molecule has 0 heterocycles. The summed E-state index contributed by atoms with van der Waals surface area (Å²) >= 11 is 0. The summed E-state index contributed by atoms with van der Waals surface area (Å²) in [6, 6.07) is 28.1. The van der Waals surface area contributed by atoms with E-state index in [1.54, 1.807) is 0 Å². The van der Waals surface area contributed by atoms with Crippen LogP contribution in [-0.4, -0.2) is 11.3 Å². The number of aromatic hydroxyl groups is 1. The van der Waals surface area contributed by atoms with Crippen LogP contribution in [0.4, 0.5) is 0 Å². The molecule has 0 saturated heterocycles. The van der Waals surface area contributed by atoms with E-state index >= 15 is 0 Å². The summed E-state index contributed by atoms with van der Waals surface area (Å²) in [5, 5.41) is 11.3. The van der Waals surface area contributed by atoms with Crippen molar-refractivity contribution in [2.75, 3.05) is 0 Å². The first-order valence-electron chi connectivity index (χ1n) is 11.4. The molecule has 0 radical (unpaired) electrons. The zero-order chi connectivity index (χ0) is 23.0. The number of phenols is 1. The molecule has 4 rings (SSSR count). The van der Waals surface area contributed by atoms with Crippen LogP contribution in [0.3, 0.4) is 0 Å². The van der Waals surface area contributed by atoms with Crippen molar-refractivity contribution in [3.05, 3.63) is 112 Å². The Labute approximate surface area is 192 Å². The van der Waals surface area contributed by atoms with Gasteiger partial charge in [-0.25, -0.2) is 0 Å². The Balaban J connectivity index is 2.28. The molecule has 0 spiro atoms. The molecule has 0 atom stereocenters. The second-order valence-corrected chi connectivity index (χ2v) is 9.50. The van der Waals surface area contributed by atoms with Gasteiger partial charge in [-0.05, 0) is 47.6 Å². The van der Waals surface area contributed by atoms with Gasteiger partial charge in [0, 0.05) is 0 Å². The van der Waals surface area contributed by atoms with E-state index in [9.17, 15) is 5.11 Å². The fourth-order valence-electron chi connectivity index (χ4n) is 5.79. The summed E-state index contributed by atoms with van der Waals surface area (Å²) in [5.41, 5.74) is 12.2. The highest BCUT2D eigenvalue weighted by Gasteiger charge is 2.36. The lowest BCUT2D eigenvalue weighted by molar-refractivity contribution is 0.479. The summed E-state index contributed by atoms with van der Waals surface area (Å²) in [6.07, 6.45) is -1.61. The summed E-state index contributed by atoms with van der Waals surface area (Å²) in [7, 11) is 0. The number of hydrogen-bond donors (Lipinski definition) is 1. The molecule has 0 aliphatic heterocycles. The van der Waals surface area contributed by atoms with Crippen LogP contribution in [0.25, 0.3) is 0 Å². The molecule has 32 heavy (non-hydrogen) atoms. The van der Waals surface area contributed by atoms with E-state index in [0.717, 1.165) is 5.46 Å². The minimum atomic E-state index is -1.61. The number of benzene rings is 4. The van der Waals surface area contributed by atoms with Crippen molar-refractivity contribution in [1.29, 1.82) is 0 Å². The van der Waals surface area contributed by atoms with Crippen molar-refractivity contribution in [1.82, 2.24) is 0 Å². The van der Waals surface area contributed by atoms with Crippen LogP contribution in [0, 0.1) is 41.5 Å². The molecule has 0 aliphatic rings. The molecular weight excluding hydrogens is 387 g/mol. The fourth-order valence-corrected chi connectivity index (χ4v) is 5.79. The van der Waals surface area contributed by atoms with Gasteiger partial charge in [0.05, 0.1) is 5.75 Å². The average molecular weight is 419 g/mol. The van der Waals surface area contributed by atoms with E-state index in [2.05, 4.69) is 102 Å². The number of phenolic OH excluding ortho intramolecular Hbond substituents is 1. The zero-order valence-corrected chi connectivity index (χ0v) is 20.0. The SMILES string of the molecule is Cc1ccc([B-](c2ccc(C)cc2C)(c2ccc(C)cc2C)c2ccccc2O)c(C)c1. The molecule has 1 nitrogen and oxygen atoms in total. The fraction of sp³-hybridized carbons (Fsp3) is 0.200. The van der Waals surface area contributed by atoms with Crippen LogP contribution in [0.15, 0.2) is 78.9 Å². The monoisotopic (exact) mass is 419 g/mol. The molecule has 4 aromatic carbocycles. The Hall–Kier alpha value is -3.26. The van der Waals surface area contributed by atoms with Crippen LogP contribution in [-0.2, 0) is 0 Å². The van der Waals surface area contributed by atoms with Crippen LogP contribution in [0.1, 0.15) is 33.4 Å². The molecule has 0 fully saturated rings. The largest absolute Gasteiger partial charge is 0.511 e. The van der Waals surface area contributed by atoms with Crippen molar-refractivity contribution < 1.29 is 5.11 Å². The standard InChI is InChI=1S/C30H32BO/c1-20-11-14-26(23(4)17-20)31(29-9-7-8-10-30(29)32,27-15-12-21(2)18-24(27)5)28-16-13-22(3)19-25(28)6/h7-19,32H,1-6H3/q-1. The molecule has 1 N–H and O–H groups in total. The van der Waals surface area contributed by atoms with Gasteiger partial charge in [0.25, 0.3) is 0 Å². The lowest BCUT2D eigenvalue weighted by Crippen LogP contribution is -2.76. The molecule has 0 aliphatic carbocycles. The molecule has 162 valence electrons. The molecule has 0 bridgehead atoms. The Kier molecular flexibility index (Phi) is 5.73. The number of para-hydroxylation sites is 1. The Morgan fingerprint density at radius 2 is 0.844 bits per heavy atom. The van der Waals surface area contributed by atoms with E-state index < -0.39 is 6.15 Å². The average Bonchev–Trinajstić information content (AvgIpc) is 2.72. The number of aryl methyl sites for hydroxylation is 6. The smallest absolute Gasteiger partial charge is 0.113 e. The van der Waals surface area contributed by atoms with Crippen LogP contribution >= 0.6 is 0 Å². The van der Waals surface area contributed by atoms with Gasteiger partial charge in [-0.15, -0.1) is 0 Å². The summed E-state index contributed by atoms with van der Waals surface area (Å²) < 4.78 is 0. The lowest BCUT2D eigenvalue weighted by Gasteiger charge is -2.47. The van der Waals surface area contributed by atoms with Crippen molar-refractivity contribution in [2.45, 2.75) is 41.5 Å². The van der Waals surface area contributed by atoms with Crippen LogP contribution in [0.2, 0.25) is 0 Å². The van der Waals surface area contributed by atoms with Gasteiger partial charge in [-0.3, -0.25) is 0 Å². The van der Waals surface area contributed by atoms with Crippen molar-refractivity contribution in [3.8, 4) is 5.75 Å². The number of hydrogen-bond acceptors (Lipinski definition) is 1. The third-order valence-electron chi connectivity index (χ3n) is 7.08. The molecular formula is C30H32BO-. The van der Waals surface area contributed by atoms with E-state index in [1.165, 1.54) is 49.8 Å². The third-order valence-corrected chi connectivity index (χ3v) is 7.08. The quantitative estimate of drug-likeness (QED) is 0.479. The first kappa shape index (κ1) is 22.0. The van der Waals surface area contributed by atoms with E-state index in [-0.39, 0.29) is 0 Å². The van der Waals surface area contributed by atoms with Gasteiger partial charge in [0.1, 0.15) is 6.15 Å². The maximum atomic E-state index is 11.3. The van der Waals surface area contributed by atoms with E-state index in [0.29, 0.717) is 5.75 Å². The van der Waals surface area contributed by atoms with Crippen molar-refractivity contribution in [3.63, 3.8) is 0 Å². The zero-order valence-electron chi connectivity index (χ0n) is 20.0. The molecule has 4 aromatic rings. The second kappa shape index (κ2) is 8.35. The molecule has 0 aromatic heterocycles. The van der Waals surface area contributed by atoms with Crippen LogP contribution < -0.4 is 21.9 Å². The first-order chi connectivity index (χ1) is 15.2. The predicted molar refractivity (Wildman–Crippen MR) is 140 cm³/mol. The summed E-state index contributed by atoms with van der Waals surface area (Å²) in [4.78, 5) is 0. The highest BCUT2D eigenvalue weighted by atomic mass is 16.3. The van der Waals surface area contributed by atoms with Crippen molar-refractivity contribution in [2.24, 2.45) is 0 Å². The highest BCUT2D eigenvalue weighted by molar-refractivity contribution is 7.20. The van der Waals surface area contributed by atoms with Gasteiger partial charge in [0.15, 0.2) is 0 Å². The second-order valence-electron chi connectivity index (χ2n) is 9.50. The maximum Gasteiger partial charge on any atom is 0.113 e. The third kappa shape index (κ3) is 3.54. The Bertz CT molecular complexity index is 1180. The Morgan fingerprint density at radius 3 is 1.19 bits per heavy atom. The summed E-state index contributed by atoms with van der Waals surface area (Å²) in [5.74, 6) is 0.340. The predicted octanol–water partition coefficient (Wildman–Crippen LogP) is 4.62. The maximum absolute atomic E-state index is 11.3. The first-order valence-corrected chi connectivity index (χ1v) is 11.4. The van der Waals surface area contributed by atoms with Gasteiger partial charge in [-0.1, -0.05) is 106 Å². The molecule has 0 unspecified atom stereocenters. The van der Waals surface area contributed by atoms with Gasteiger partial charge in [0.2, 0.25) is 0 Å². The molecule has 0 saturated carbocycles. The van der Waals surface area contributed by atoms with E-state index in [4.69, 9.17) is 0 Å². The van der Waals surface area contributed by atoms with Gasteiger partial charge >= 0.3 is 0 Å². The topological polar surface area (TPSA) is 20.2 Å².